The summed E-state index contributed by atoms with van der Waals surface area (Å²) in [6.07, 6.45) is 26.5. The molecule has 0 radical (unpaired) electrons. The molecule has 1 fully saturated rings. The topological polar surface area (TPSA) is 76.6 Å². The first kappa shape index (κ1) is 35.0. The van der Waals surface area contributed by atoms with Gasteiger partial charge in [-0.3, -0.25) is 19.4 Å². The van der Waals surface area contributed by atoms with E-state index >= 15 is 0 Å². The van der Waals surface area contributed by atoms with Crippen molar-refractivity contribution in [2.24, 2.45) is 0 Å². The number of nitrogens with zero attached hydrogens (tertiary/aromatic N) is 2. The minimum atomic E-state index is -0.572. The molecule has 2 heterocycles. The normalized spacial score (nSPS) is 15.4. The van der Waals surface area contributed by atoms with E-state index in [1.165, 1.54) is 5.56 Å². The number of carbonyl (C=O) groups excluding carboxylic acids is 3. The first-order valence-corrected chi connectivity index (χ1v) is 17.1. The van der Waals surface area contributed by atoms with Crippen LogP contribution in [-0.4, -0.2) is 38.8 Å². The summed E-state index contributed by atoms with van der Waals surface area (Å²) in [6.45, 7) is 4.77. The molecule has 1 unspecified atom stereocenters. The number of benzene rings is 1. The van der Waals surface area contributed by atoms with Crippen molar-refractivity contribution in [3.63, 3.8) is 0 Å². The number of hydrogen-bond donors (Lipinski definition) is 0. The maximum atomic E-state index is 12.9. The number of amides is 3. The van der Waals surface area contributed by atoms with Crippen molar-refractivity contribution in [1.82, 2.24) is 9.88 Å². The van der Waals surface area contributed by atoms with Crippen molar-refractivity contribution in [3.8, 4) is 5.75 Å². The zero-order valence-corrected chi connectivity index (χ0v) is 27.2. The molecule has 0 N–H and O–H groups in total. The number of carbonyl (C=O) groups is 3. The predicted octanol–water partition coefficient (Wildman–Crippen LogP) is 8.99. The van der Waals surface area contributed by atoms with Crippen LogP contribution < -0.4 is 4.74 Å². The van der Waals surface area contributed by atoms with Gasteiger partial charge in [0.15, 0.2) is 0 Å². The minimum absolute atomic E-state index is 0.231. The summed E-state index contributed by atoms with van der Waals surface area (Å²) in [5.41, 5.74) is 3.14. The van der Waals surface area contributed by atoms with Crippen molar-refractivity contribution in [3.05, 3.63) is 95.9 Å². The molecule has 1 aromatic heterocycles. The number of aryl methyl sites for hydroxylation is 1. The van der Waals surface area contributed by atoms with Crippen molar-refractivity contribution in [2.75, 3.05) is 6.61 Å². The van der Waals surface area contributed by atoms with Crippen molar-refractivity contribution < 1.29 is 19.1 Å². The van der Waals surface area contributed by atoms with Gasteiger partial charge in [0.25, 0.3) is 11.1 Å². The second-order valence-electron chi connectivity index (χ2n) is 11.0. The molecule has 0 aliphatic carbocycles. The SMILES string of the molecule is CC/C=C\C/C=C\C/C=C/CCCCCCCC(=O)N1C(=O)SC(Cc2ccc(OCCc3ccc(CC)cn3)cc2)C1=O. The van der Waals surface area contributed by atoms with Gasteiger partial charge in [-0.05, 0) is 80.7 Å². The summed E-state index contributed by atoms with van der Waals surface area (Å²) in [6, 6.07) is 11.7. The predicted molar refractivity (Wildman–Crippen MR) is 181 cm³/mol. The van der Waals surface area contributed by atoms with Gasteiger partial charge in [0.2, 0.25) is 5.91 Å². The lowest BCUT2D eigenvalue weighted by Gasteiger charge is -2.12. The number of allylic oxidation sites excluding steroid dienone is 6. The molecular formula is C37H48N2O4S. The molecule has 3 rings (SSSR count). The van der Waals surface area contributed by atoms with Gasteiger partial charge in [-0.25, -0.2) is 4.90 Å². The Labute approximate surface area is 268 Å². The lowest BCUT2D eigenvalue weighted by atomic mass is 10.1. The van der Waals surface area contributed by atoms with Crippen LogP contribution in [0, 0.1) is 0 Å². The molecule has 1 aliphatic heterocycles. The highest BCUT2D eigenvalue weighted by Gasteiger charge is 2.42. The number of ether oxygens (including phenoxy) is 1. The summed E-state index contributed by atoms with van der Waals surface area (Å²) in [7, 11) is 0. The van der Waals surface area contributed by atoms with Crippen LogP contribution in [0.5, 0.6) is 5.75 Å². The number of hydrogen-bond acceptors (Lipinski definition) is 6. The molecule has 1 aromatic carbocycles. The summed E-state index contributed by atoms with van der Waals surface area (Å²) in [5.74, 6) is -0.0302. The van der Waals surface area contributed by atoms with Gasteiger partial charge in [-0.1, -0.05) is 99.5 Å². The van der Waals surface area contributed by atoms with E-state index in [1.807, 2.05) is 36.5 Å². The smallest absolute Gasteiger partial charge is 0.295 e. The lowest BCUT2D eigenvalue weighted by Crippen LogP contribution is -2.37. The molecule has 0 spiro atoms. The molecule has 7 heteroatoms. The molecular weight excluding hydrogens is 568 g/mol. The molecule has 6 nitrogen and oxygen atoms in total. The second-order valence-corrected chi connectivity index (χ2v) is 12.2. The Morgan fingerprint density at radius 2 is 1.55 bits per heavy atom. The molecule has 1 atom stereocenters. The number of pyridine rings is 1. The van der Waals surface area contributed by atoms with Gasteiger partial charge in [0.1, 0.15) is 5.75 Å². The molecule has 2 aromatic rings. The molecule has 1 aliphatic rings. The quantitative estimate of drug-likeness (QED) is 0.109. The van der Waals surface area contributed by atoms with E-state index in [4.69, 9.17) is 4.74 Å². The average molecular weight is 617 g/mol. The van der Waals surface area contributed by atoms with E-state index in [0.717, 1.165) is 97.9 Å². The summed E-state index contributed by atoms with van der Waals surface area (Å²) in [5, 5.41) is -1.03. The van der Waals surface area contributed by atoms with Gasteiger partial charge in [0, 0.05) is 24.7 Å². The van der Waals surface area contributed by atoms with E-state index in [-0.39, 0.29) is 12.3 Å². The highest BCUT2D eigenvalue weighted by Crippen LogP contribution is 2.31. The van der Waals surface area contributed by atoms with Crippen LogP contribution in [0.3, 0.4) is 0 Å². The number of unbranched alkanes of at least 4 members (excludes halogenated alkanes) is 5. The summed E-state index contributed by atoms with van der Waals surface area (Å²) < 4.78 is 5.86. The van der Waals surface area contributed by atoms with Crippen LogP contribution >= 0.6 is 11.8 Å². The summed E-state index contributed by atoms with van der Waals surface area (Å²) in [4.78, 5) is 43.5. The minimum Gasteiger partial charge on any atom is -0.493 e. The van der Waals surface area contributed by atoms with Gasteiger partial charge in [-0.2, -0.15) is 0 Å². The van der Waals surface area contributed by atoms with Gasteiger partial charge in [0.05, 0.1) is 11.9 Å². The van der Waals surface area contributed by atoms with Gasteiger partial charge in [-0.15, -0.1) is 0 Å². The monoisotopic (exact) mass is 616 g/mol. The molecule has 1 saturated heterocycles. The largest absolute Gasteiger partial charge is 0.493 e. The van der Waals surface area contributed by atoms with Crippen LogP contribution in [0.2, 0.25) is 0 Å². The van der Waals surface area contributed by atoms with E-state index < -0.39 is 16.4 Å². The molecule has 0 bridgehead atoms. The molecule has 0 saturated carbocycles. The zero-order valence-electron chi connectivity index (χ0n) is 26.4. The Morgan fingerprint density at radius 1 is 0.864 bits per heavy atom. The van der Waals surface area contributed by atoms with Crippen LogP contribution in [-0.2, 0) is 28.9 Å². The van der Waals surface area contributed by atoms with Crippen LogP contribution in [0.4, 0.5) is 4.79 Å². The standard InChI is InChI=1S/C37H48N2O4S/c1-3-5-6-7-8-9-10-11-12-13-14-15-16-17-18-19-35(40)39-36(41)34(44-37(39)42)28-31-21-24-33(25-22-31)43-27-26-32-23-20-30(4-2)29-38-32/h5-6,8-9,11-12,20-25,29,34H,3-4,7,10,13-19,26-28H2,1-2H3/b6-5-,9-8-,12-11+. The van der Waals surface area contributed by atoms with Crippen molar-refractivity contribution in [1.29, 1.82) is 0 Å². The molecule has 44 heavy (non-hydrogen) atoms. The number of thioether (sulfide) groups is 1. The van der Waals surface area contributed by atoms with Gasteiger partial charge < -0.3 is 4.74 Å². The van der Waals surface area contributed by atoms with Crippen LogP contribution in [0.25, 0.3) is 0 Å². The number of imide groups is 3. The maximum absolute atomic E-state index is 12.9. The fourth-order valence-electron chi connectivity index (χ4n) is 4.84. The highest BCUT2D eigenvalue weighted by atomic mass is 32.2. The third kappa shape index (κ3) is 12.7. The Hall–Kier alpha value is -3.45. The lowest BCUT2D eigenvalue weighted by molar-refractivity contribution is -0.139. The average Bonchev–Trinajstić information content (AvgIpc) is 3.32. The zero-order chi connectivity index (χ0) is 31.4. The van der Waals surface area contributed by atoms with Crippen molar-refractivity contribution in [2.45, 2.75) is 103 Å². The Morgan fingerprint density at radius 3 is 2.25 bits per heavy atom. The van der Waals surface area contributed by atoms with E-state index in [9.17, 15) is 14.4 Å². The Balaban J connectivity index is 1.28. The molecule has 3 amide bonds. The van der Waals surface area contributed by atoms with E-state index in [1.54, 1.807) is 0 Å². The van der Waals surface area contributed by atoms with Gasteiger partial charge >= 0.3 is 0 Å². The van der Waals surface area contributed by atoms with Crippen LogP contribution in [0.1, 0.15) is 94.9 Å². The number of rotatable bonds is 20. The first-order valence-electron chi connectivity index (χ1n) is 16.2. The third-order valence-corrected chi connectivity index (χ3v) is 8.51. The first-order chi connectivity index (χ1) is 21.5. The van der Waals surface area contributed by atoms with E-state index in [0.29, 0.717) is 19.4 Å². The van der Waals surface area contributed by atoms with Crippen molar-refractivity contribution >= 4 is 28.8 Å². The van der Waals surface area contributed by atoms with E-state index in [2.05, 4.69) is 61.4 Å². The number of aromatic nitrogens is 1. The fourth-order valence-corrected chi connectivity index (χ4v) is 5.86. The summed E-state index contributed by atoms with van der Waals surface area (Å²) >= 11 is 0.952. The third-order valence-electron chi connectivity index (χ3n) is 7.48. The fraction of sp³-hybridized carbons (Fsp3) is 0.459. The highest BCUT2D eigenvalue weighted by molar-refractivity contribution is 8.15. The Kier molecular flexibility index (Phi) is 16.3. The Bertz CT molecular complexity index is 1250. The molecule has 236 valence electrons. The second kappa shape index (κ2) is 20.5. The maximum Gasteiger partial charge on any atom is 0.295 e. The van der Waals surface area contributed by atoms with Crippen LogP contribution in [0.15, 0.2) is 79.1 Å².